The van der Waals surface area contributed by atoms with Gasteiger partial charge in [-0.05, 0) is 30.3 Å². The van der Waals surface area contributed by atoms with E-state index in [1.165, 1.54) is 0 Å². The average molecular weight is 525 g/mol. The van der Waals surface area contributed by atoms with E-state index in [1.807, 2.05) is 6.07 Å². The predicted octanol–water partition coefficient (Wildman–Crippen LogP) is 1.23. The van der Waals surface area contributed by atoms with Crippen molar-refractivity contribution in [2.24, 2.45) is 4.99 Å². The molecule has 162 valence electrons. The Morgan fingerprint density at radius 1 is 1.07 bits per heavy atom. The number of aromatic nitrogens is 2. The van der Waals surface area contributed by atoms with Gasteiger partial charge >= 0.3 is 0 Å². The lowest BCUT2D eigenvalue weighted by Crippen LogP contribution is -2.53. The van der Waals surface area contributed by atoms with E-state index in [2.05, 4.69) is 35.4 Å². The molecule has 1 aliphatic heterocycles. The number of benzene rings is 1. The summed E-state index contributed by atoms with van der Waals surface area (Å²) in [5.74, 6) is 2.21. The molecule has 2 aromatic rings. The lowest BCUT2D eigenvalue weighted by atomic mass is 10.2. The highest BCUT2D eigenvalue weighted by molar-refractivity contribution is 14.0. The minimum Gasteiger partial charge on any atom is -0.497 e. The van der Waals surface area contributed by atoms with Crippen molar-refractivity contribution >= 4 is 41.8 Å². The van der Waals surface area contributed by atoms with E-state index in [0.717, 1.165) is 43.8 Å². The zero-order valence-electron chi connectivity index (χ0n) is 17.2. The van der Waals surface area contributed by atoms with Crippen LogP contribution in [0.25, 0.3) is 0 Å². The largest absolute Gasteiger partial charge is 0.497 e. The van der Waals surface area contributed by atoms with Gasteiger partial charge in [0.2, 0.25) is 5.95 Å². The van der Waals surface area contributed by atoms with Crippen LogP contribution in [0.5, 0.6) is 5.75 Å². The van der Waals surface area contributed by atoms with Gasteiger partial charge in [-0.25, -0.2) is 9.97 Å². The van der Waals surface area contributed by atoms with E-state index in [0.29, 0.717) is 18.7 Å². The molecule has 1 aliphatic rings. The van der Waals surface area contributed by atoms with Gasteiger partial charge in [0.25, 0.3) is 5.91 Å². The second-order valence-corrected chi connectivity index (χ2v) is 6.48. The fraction of sp³-hybridized carbons (Fsp3) is 0.400. The number of hydrogen-bond acceptors (Lipinski definition) is 6. The van der Waals surface area contributed by atoms with Crippen LogP contribution < -0.4 is 20.3 Å². The van der Waals surface area contributed by atoms with Crippen LogP contribution in [0.3, 0.4) is 0 Å². The maximum Gasteiger partial charge on any atom is 0.251 e. The van der Waals surface area contributed by atoms with Crippen LogP contribution in [0.1, 0.15) is 10.4 Å². The number of nitrogens with zero attached hydrogens (tertiary/aromatic N) is 5. The zero-order chi connectivity index (χ0) is 20.5. The summed E-state index contributed by atoms with van der Waals surface area (Å²) in [5.41, 5.74) is 0.606. The number of rotatable bonds is 6. The van der Waals surface area contributed by atoms with Crippen LogP contribution >= 0.6 is 24.0 Å². The summed E-state index contributed by atoms with van der Waals surface area (Å²) < 4.78 is 5.11. The molecule has 2 N–H and O–H groups in total. The van der Waals surface area contributed by atoms with E-state index in [4.69, 9.17) is 4.74 Å². The molecule has 1 amide bonds. The average Bonchev–Trinajstić information content (AvgIpc) is 2.80. The number of nitrogens with one attached hydrogen (secondary N) is 2. The van der Waals surface area contributed by atoms with Crippen LogP contribution in [0, 0.1) is 0 Å². The Kier molecular flexibility index (Phi) is 9.58. The maximum absolute atomic E-state index is 12.2. The second kappa shape index (κ2) is 12.2. The van der Waals surface area contributed by atoms with E-state index >= 15 is 0 Å². The van der Waals surface area contributed by atoms with E-state index in [1.54, 1.807) is 50.8 Å². The number of hydrogen-bond donors (Lipinski definition) is 2. The molecule has 9 nitrogen and oxygen atoms in total. The molecule has 0 spiro atoms. The number of ether oxygens (including phenoxy) is 1. The fourth-order valence-corrected chi connectivity index (χ4v) is 3.10. The topological polar surface area (TPSA) is 95.0 Å². The van der Waals surface area contributed by atoms with Crippen LogP contribution in [0.15, 0.2) is 47.7 Å². The van der Waals surface area contributed by atoms with Crippen LogP contribution in [-0.2, 0) is 0 Å². The molecule has 1 aromatic carbocycles. The molecule has 0 bridgehead atoms. The van der Waals surface area contributed by atoms with Crippen LogP contribution in [0.2, 0.25) is 0 Å². The van der Waals surface area contributed by atoms with Crippen molar-refractivity contribution in [1.29, 1.82) is 0 Å². The van der Waals surface area contributed by atoms with Crippen molar-refractivity contribution < 1.29 is 9.53 Å². The van der Waals surface area contributed by atoms with Gasteiger partial charge < -0.3 is 25.2 Å². The number of aliphatic imine (C=N–C) groups is 1. The molecule has 0 atom stereocenters. The lowest BCUT2D eigenvalue weighted by molar-refractivity contribution is 0.0954. The number of piperazine rings is 1. The molecule has 0 radical (unpaired) electrons. The Morgan fingerprint density at radius 2 is 1.70 bits per heavy atom. The molecule has 0 saturated carbocycles. The number of methoxy groups -OCH3 is 1. The Bertz CT molecular complexity index is 810. The number of anilines is 1. The first kappa shape index (κ1) is 23.6. The third kappa shape index (κ3) is 6.44. The SMILES string of the molecule is CN=C(NCCNC(=O)c1ccc(OC)cc1)N1CCN(c2ncccn2)CC1.I. The summed E-state index contributed by atoms with van der Waals surface area (Å²) in [6.07, 6.45) is 3.52. The number of guanidine groups is 1. The summed E-state index contributed by atoms with van der Waals surface area (Å²) in [5, 5.41) is 6.22. The van der Waals surface area contributed by atoms with Gasteiger partial charge in [-0.2, -0.15) is 0 Å². The lowest BCUT2D eigenvalue weighted by Gasteiger charge is -2.36. The number of halogens is 1. The third-order valence-electron chi connectivity index (χ3n) is 4.67. The second-order valence-electron chi connectivity index (χ2n) is 6.48. The van der Waals surface area contributed by atoms with Gasteiger partial charge in [-0.15, -0.1) is 24.0 Å². The number of amides is 1. The van der Waals surface area contributed by atoms with Gasteiger partial charge in [0, 0.05) is 64.3 Å². The predicted molar refractivity (Wildman–Crippen MR) is 128 cm³/mol. The van der Waals surface area contributed by atoms with E-state index in [9.17, 15) is 4.79 Å². The van der Waals surface area contributed by atoms with Gasteiger partial charge in [-0.3, -0.25) is 9.79 Å². The van der Waals surface area contributed by atoms with Crippen molar-refractivity contribution in [3.8, 4) is 5.75 Å². The zero-order valence-corrected chi connectivity index (χ0v) is 19.6. The molecule has 2 heterocycles. The number of carbonyl (C=O) groups excluding carboxylic acids is 1. The summed E-state index contributed by atoms with van der Waals surface area (Å²) >= 11 is 0. The van der Waals surface area contributed by atoms with E-state index < -0.39 is 0 Å². The molecule has 0 aliphatic carbocycles. The van der Waals surface area contributed by atoms with Gasteiger partial charge in [0.05, 0.1) is 7.11 Å². The monoisotopic (exact) mass is 525 g/mol. The van der Waals surface area contributed by atoms with Crippen molar-refractivity contribution in [2.45, 2.75) is 0 Å². The number of carbonyl (C=O) groups is 1. The fourth-order valence-electron chi connectivity index (χ4n) is 3.10. The van der Waals surface area contributed by atoms with Crippen molar-refractivity contribution in [1.82, 2.24) is 25.5 Å². The quantitative estimate of drug-likeness (QED) is 0.254. The van der Waals surface area contributed by atoms with Crippen molar-refractivity contribution in [3.63, 3.8) is 0 Å². The molecule has 3 rings (SSSR count). The molecule has 30 heavy (non-hydrogen) atoms. The minimum absolute atomic E-state index is 0. The standard InChI is InChI=1S/C20H27N7O2.HI/c1-21-19(26-12-14-27(15-13-26)20-23-8-3-9-24-20)25-11-10-22-18(28)16-4-6-17(29-2)7-5-16;/h3-9H,10-15H2,1-2H3,(H,21,25)(H,22,28);1H. The van der Waals surface area contributed by atoms with Gasteiger partial charge in [-0.1, -0.05) is 0 Å². The normalized spacial score (nSPS) is 14.0. The summed E-state index contributed by atoms with van der Waals surface area (Å²) in [4.78, 5) is 29.5. The molecular weight excluding hydrogens is 497 g/mol. The third-order valence-corrected chi connectivity index (χ3v) is 4.67. The van der Waals surface area contributed by atoms with Gasteiger partial charge in [0.1, 0.15) is 5.75 Å². The maximum atomic E-state index is 12.2. The summed E-state index contributed by atoms with van der Waals surface area (Å²) in [6.45, 7) is 4.42. The highest BCUT2D eigenvalue weighted by Crippen LogP contribution is 2.11. The molecule has 1 saturated heterocycles. The highest BCUT2D eigenvalue weighted by Gasteiger charge is 2.20. The molecule has 0 unspecified atom stereocenters. The Morgan fingerprint density at radius 3 is 2.30 bits per heavy atom. The van der Waals surface area contributed by atoms with Gasteiger partial charge in [0.15, 0.2) is 5.96 Å². The van der Waals surface area contributed by atoms with Crippen LogP contribution in [0.4, 0.5) is 5.95 Å². The highest BCUT2D eigenvalue weighted by atomic mass is 127. The van der Waals surface area contributed by atoms with E-state index in [-0.39, 0.29) is 29.9 Å². The summed E-state index contributed by atoms with van der Waals surface area (Å²) in [7, 11) is 3.37. The molecule has 10 heteroatoms. The van der Waals surface area contributed by atoms with Crippen molar-refractivity contribution in [3.05, 3.63) is 48.3 Å². The van der Waals surface area contributed by atoms with Crippen molar-refractivity contribution in [2.75, 3.05) is 58.3 Å². The molecule has 1 aromatic heterocycles. The Balaban J connectivity index is 0.00000320. The summed E-state index contributed by atoms with van der Waals surface area (Å²) in [6, 6.07) is 8.86. The first-order chi connectivity index (χ1) is 14.2. The van der Waals surface area contributed by atoms with Crippen LogP contribution in [-0.4, -0.2) is 80.2 Å². The minimum atomic E-state index is -0.110. The molecular formula is C20H28IN7O2. The Hall–Kier alpha value is -2.63. The smallest absolute Gasteiger partial charge is 0.251 e. The first-order valence-electron chi connectivity index (χ1n) is 9.61. The Labute approximate surface area is 194 Å². The molecule has 1 fully saturated rings. The first-order valence-corrected chi connectivity index (χ1v) is 9.61.